The van der Waals surface area contributed by atoms with Crippen LogP contribution < -0.4 is 11.5 Å². The first-order valence-electron chi connectivity index (χ1n) is 4.14. The third-order valence-electron chi connectivity index (χ3n) is 1.44. The number of amides is 1. The van der Waals surface area contributed by atoms with Gasteiger partial charge in [0.2, 0.25) is 0 Å². The summed E-state index contributed by atoms with van der Waals surface area (Å²) >= 11 is 1.09. The van der Waals surface area contributed by atoms with E-state index in [0.717, 1.165) is 17.6 Å². The second kappa shape index (κ2) is 5.61. The van der Waals surface area contributed by atoms with Gasteiger partial charge in [-0.05, 0) is 0 Å². The summed E-state index contributed by atoms with van der Waals surface area (Å²) in [7, 11) is 0. The summed E-state index contributed by atoms with van der Waals surface area (Å²) in [6.45, 7) is 0. The van der Waals surface area contributed by atoms with Crippen LogP contribution in [0.2, 0.25) is 0 Å². The van der Waals surface area contributed by atoms with E-state index in [1.54, 1.807) is 0 Å². The van der Waals surface area contributed by atoms with E-state index in [9.17, 15) is 9.59 Å². The van der Waals surface area contributed by atoms with Crippen molar-refractivity contribution in [2.45, 2.75) is 0 Å². The van der Waals surface area contributed by atoms with E-state index < -0.39 is 11.9 Å². The Labute approximate surface area is 99.2 Å². The average molecular weight is 256 g/mol. The fourth-order valence-electron chi connectivity index (χ4n) is 0.797. The van der Waals surface area contributed by atoms with Crippen molar-refractivity contribution in [2.24, 2.45) is 10.9 Å². The lowest BCUT2D eigenvalue weighted by Crippen LogP contribution is -2.11. The predicted molar refractivity (Wildman–Crippen MR) is 60.9 cm³/mol. The Morgan fingerprint density at radius 3 is 2.76 bits per heavy atom. The van der Waals surface area contributed by atoms with Crippen LogP contribution in [0.15, 0.2) is 16.8 Å². The number of carbonyl (C=O) groups excluding carboxylic acids is 1. The van der Waals surface area contributed by atoms with Gasteiger partial charge in [-0.1, -0.05) is 5.16 Å². The lowest BCUT2D eigenvalue weighted by Gasteiger charge is -1.96. The van der Waals surface area contributed by atoms with Gasteiger partial charge in [-0.2, -0.15) is 0 Å². The number of nitrogens with zero attached hydrogens (tertiary/aromatic N) is 2. The summed E-state index contributed by atoms with van der Waals surface area (Å²) in [4.78, 5) is 29.4. The molecular formula is C8H8N4O4S. The zero-order chi connectivity index (χ0) is 12.8. The van der Waals surface area contributed by atoms with E-state index in [2.05, 4.69) is 15.0 Å². The highest BCUT2D eigenvalue weighted by molar-refractivity contribution is 7.13. The molecule has 0 aliphatic heterocycles. The zero-order valence-corrected chi connectivity index (χ0v) is 9.18. The van der Waals surface area contributed by atoms with Gasteiger partial charge < -0.3 is 21.4 Å². The number of rotatable bonds is 5. The molecule has 0 saturated carbocycles. The lowest BCUT2D eigenvalue weighted by molar-refractivity contribution is -0.130. The number of carbonyl (C=O) groups is 2. The average Bonchev–Trinajstić information content (AvgIpc) is 2.63. The monoisotopic (exact) mass is 256 g/mol. The van der Waals surface area contributed by atoms with E-state index >= 15 is 0 Å². The van der Waals surface area contributed by atoms with E-state index in [1.807, 2.05) is 0 Å². The van der Waals surface area contributed by atoms with Crippen LogP contribution in [-0.2, 0) is 14.4 Å². The molecule has 1 amide bonds. The molecule has 1 heterocycles. The first kappa shape index (κ1) is 12.6. The van der Waals surface area contributed by atoms with Crippen LogP contribution in [0.3, 0.4) is 0 Å². The first-order valence-corrected chi connectivity index (χ1v) is 5.02. The molecule has 0 radical (unpaired) electrons. The fourth-order valence-corrected chi connectivity index (χ4v) is 1.36. The molecule has 1 aromatic heterocycles. The Morgan fingerprint density at radius 1 is 1.59 bits per heavy atom. The van der Waals surface area contributed by atoms with Crippen LogP contribution in [-0.4, -0.2) is 28.2 Å². The summed E-state index contributed by atoms with van der Waals surface area (Å²) < 4.78 is 0. The van der Waals surface area contributed by atoms with Crippen molar-refractivity contribution in [3.63, 3.8) is 0 Å². The number of carboxylic acid groups (broad SMARTS) is 1. The largest absolute Gasteiger partial charge is 0.477 e. The number of hydrogen-bond donors (Lipinski definition) is 3. The van der Waals surface area contributed by atoms with Gasteiger partial charge in [0, 0.05) is 5.38 Å². The van der Waals surface area contributed by atoms with Gasteiger partial charge in [0.25, 0.3) is 5.91 Å². The highest BCUT2D eigenvalue weighted by Crippen LogP contribution is 2.19. The van der Waals surface area contributed by atoms with Gasteiger partial charge in [0.15, 0.2) is 5.13 Å². The van der Waals surface area contributed by atoms with Gasteiger partial charge in [0.1, 0.15) is 18.0 Å². The van der Waals surface area contributed by atoms with Crippen LogP contribution in [0.5, 0.6) is 0 Å². The quantitative estimate of drug-likeness (QED) is 0.284. The third kappa shape index (κ3) is 3.91. The summed E-state index contributed by atoms with van der Waals surface area (Å²) in [5.41, 5.74) is 10.0. The molecule has 5 N–H and O–H groups in total. The number of aromatic nitrogens is 1. The zero-order valence-electron chi connectivity index (χ0n) is 8.36. The SMILES string of the molecule is NC(=O)/C=N/O/C=C(/C(=O)O)c1csc(N)n1. The number of thiazole rings is 1. The maximum Gasteiger partial charge on any atom is 0.341 e. The number of aliphatic carboxylic acids is 1. The molecule has 0 aliphatic carbocycles. The van der Waals surface area contributed by atoms with Gasteiger partial charge in [-0.15, -0.1) is 11.3 Å². The van der Waals surface area contributed by atoms with E-state index in [-0.39, 0.29) is 16.4 Å². The molecule has 9 heteroatoms. The molecule has 0 aliphatic rings. The van der Waals surface area contributed by atoms with Crippen molar-refractivity contribution in [1.29, 1.82) is 0 Å². The predicted octanol–water partition coefficient (Wildman–Crippen LogP) is -0.362. The summed E-state index contributed by atoms with van der Waals surface area (Å²) in [6, 6.07) is 0. The number of anilines is 1. The summed E-state index contributed by atoms with van der Waals surface area (Å²) in [6.07, 6.45) is 1.53. The topological polar surface area (TPSA) is 141 Å². The van der Waals surface area contributed by atoms with Crippen molar-refractivity contribution < 1.29 is 19.5 Å². The lowest BCUT2D eigenvalue weighted by atomic mass is 10.2. The van der Waals surface area contributed by atoms with Crippen molar-refractivity contribution >= 4 is 40.1 Å². The van der Waals surface area contributed by atoms with E-state index in [1.165, 1.54) is 5.38 Å². The second-order valence-corrected chi connectivity index (χ2v) is 3.54. The molecule has 90 valence electrons. The Morgan fingerprint density at radius 2 is 2.29 bits per heavy atom. The maximum absolute atomic E-state index is 10.9. The minimum atomic E-state index is -1.26. The third-order valence-corrected chi connectivity index (χ3v) is 2.11. The Balaban J connectivity index is 2.83. The highest BCUT2D eigenvalue weighted by atomic mass is 32.1. The number of primary amides is 1. The van der Waals surface area contributed by atoms with Gasteiger partial charge in [0.05, 0.1) is 5.69 Å². The van der Waals surface area contributed by atoms with Crippen LogP contribution in [0, 0.1) is 0 Å². The van der Waals surface area contributed by atoms with Crippen molar-refractivity contribution in [1.82, 2.24) is 4.98 Å². The summed E-state index contributed by atoms with van der Waals surface area (Å²) in [5, 5.41) is 13.7. The number of oxime groups is 1. The fraction of sp³-hybridized carbons (Fsp3) is 0. The Hall–Kier alpha value is -2.42. The number of nitrogen functional groups attached to an aromatic ring is 1. The first-order chi connectivity index (χ1) is 8.00. The molecule has 17 heavy (non-hydrogen) atoms. The molecule has 0 fully saturated rings. The van der Waals surface area contributed by atoms with Crippen LogP contribution in [0.25, 0.3) is 5.57 Å². The van der Waals surface area contributed by atoms with Crippen molar-refractivity contribution in [3.8, 4) is 0 Å². The normalized spacial score (nSPS) is 11.6. The smallest absolute Gasteiger partial charge is 0.341 e. The van der Waals surface area contributed by atoms with Gasteiger partial charge >= 0.3 is 5.97 Å². The Kier molecular flexibility index (Phi) is 4.17. The van der Waals surface area contributed by atoms with Gasteiger partial charge in [-0.3, -0.25) is 4.79 Å². The standard InChI is InChI=1S/C8H8N4O4S/c9-6(13)1-11-16-2-4(7(14)15)5-3-17-8(10)12-5/h1-3H,(H2,9,13)(H2,10,12)(H,14,15)/b4-2+,11-1+. The van der Waals surface area contributed by atoms with Gasteiger partial charge in [-0.25, -0.2) is 9.78 Å². The molecule has 1 rings (SSSR count). The molecule has 0 bridgehead atoms. The number of hydrogen-bond acceptors (Lipinski definition) is 7. The Bertz CT molecular complexity index is 493. The molecule has 1 aromatic rings. The maximum atomic E-state index is 10.9. The van der Waals surface area contributed by atoms with Crippen LogP contribution >= 0.6 is 11.3 Å². The van der Waals surface area contributed by atoms with E-state index in [0.29, 0.717) is 6.21 Å². The van der Waals surface area contributed by atoms with Crippen LogP contribution in [0.1, 0.15) is 5.69 Å². The molecular weight excluding hydrogens is 248 g/mol. The second-order valence-electron chi connectivity index (χ2n) is 2.65. The number of nitrogens with two attached hydrogens (primary N) is 2. The van der Waals surface area contributed by atoms with Crippen LogP contribution in [0.4, 0.5) is 5.13 Å². The van der Waals surface area contributed by atoms with Crippen molar-refractivity contribution in [3.05, 3.63) is 17.3 Å². The minimum absolute atomic E-state index is 0.147. The highest BCUT2D eigenvalue weighted by Gasteiger charge is 2.14. The molecule has 0 aromatic carbocycles. The number of carboxylic acids is 1. The minimum Gasteiger partial charge on any atom is -0.477 e. The summed E-state index contributed by atoms with van der Waals surface area (Å²) in [5.74, 6) is -2.07. The van der Waals surface area contributed by atoms with E-state index in [4.69, 9.17) is 16.6 Å². The molecule has 0 spiro atoms. The van der Waals surface area contributed by atoms with Crippen molar-refractivity contribution in [2.75, 3.05) is 5.73 Å². The molecule has 0 unspecified atom stereocenters. The molecule has 8 nitrogen and oxygen atoms in total. The molecule has 0 atom stereocenters. The molecule has 0 saturated heterocycles.